The first-order valence-electron chi connectivity index (χ1n) is 4.76. The zero-order valence-electron chi connectivity index (χ0n) is 9.80. The monoisotopic (exact) mass is 194 g/mol. The topological polar surface area (TPSA) is 35.0 Å². The summed E-state index contributed by atoms with van der Waals surface area (Å²) in [5.74, 6) is 0. The van der Waals surface area contributed by atoms with Crippen molar-refractivity contribution < 1.29 is 4.74 Å². The van der Waals surface area contributed by atoms with Crippen LogP contribution in [0.3, 0.4) is 0 Å². The van der Waals surface area contributed by atoms with Crippen LogP contribution < -0.4 is 4.74 Å². The van der Waals surface area contributed by atoms with Gasteiger partial charge in [0.2, 0.25) is 0 Å². The minimum atomic E-state index is 0.0328. The third kappa shape index (κ3) is 2.03. The SMILES string of the molecule is COc1nc(C)c(C)c(C(C)(C)C)n1. The van der Waals surface area contributed by atoms with Crippen molar-refractivity contribution in [2.45, 2.75) is 40.0 Å². The summed E-state index contributed by atoms with van der Waals surface area (Å²) in [6, 6.07) is 0.457. The minimum absolute atomic E-state index is 0.0328. The van der Waals surface area contributed by atoms with Gasteiger partial charge in [-0.1, -0.05) is 20.8 Å². The second kappa shape index (κ2) is 3.56. The van der Waals surface area contributed by atoms with Crippen LogP contribution in [0.15, 0.2) is 0 Å². The molecule has 0 amide bonds. The molecule has 0 N–H and O–H groups in total. The van der Waals surface area contributed by atoms with Gasteiger partial charge in [0.05, 0.1) is 12.8 Å². The average Bonchev–Trinajstić information content (AvgIpc) is 2.07. The van der Waals surface area contributed by atoms with Crippen LogP contribution in [0.25, 0.3) is 0 Å². The van der Waals surface area contributed by atoms with Gasteiger partial charge in [0.25, 0.3) is 0 Å². The van der Waals surface area contributed by atoms with Gasteiger partial charge in [-0.25, -0.2) is 4.98 Å². The van der Waals surface area contributed by atoms with Gasteiger partial charge in [-0.3, -0.25) is 0 Å². The highest BCUT2D eigenvalue weighted by atomic mass is 16.5. The predicted molar refractivity (Wildman–Crippen MR) is 56.8 cm³/mol. The van der Waals surface area contributed by atoms with Crippen molar-refractivity contribution in [1.82, 2.24) is 9.97 Å². The van der Waals surface area contributed by atoms with Crippen molar-refractivity contribution in [3.63, 3.8) is 0 Å². The first kappa shape index (κ1) is 11.0. The third-order valence-electron chi connectivity index (χ3n) is 2.26. The van der Waals surface area contributed by atoms with Gasteiger partial charge in [-0.2, -0.15) is 4.98 Å². The molecule has 0 aliphatic heterocycles. The highest BCUT2D eigenvalue weighted by Gasteiger charge is 2.20. The number of ether oxygens (including phenoxy) is 1. The Hall–Kier alpha value is -1.12. The van der Waals surface area contributed by atoms with Gasteiger partial charge in [0, 0.05) is 11.1 Å². The van der Waals surface area contributed by atoms with Gasteiger partial charge in [0.15, 0.2) is 0 Å². The molecule has 0 aliphatic carbocycles. The average molecular weight is 194 g/mol. The molecule has 0 bridgehead atoms. The zero-order chi connectivity index (χ0) is 10.9. The summed E-state index contributed by atoms with van der Waals surface area (Å²) < 4.78 is 5.06. The van der Waals surface area contributed by atoms with Crippen LogP contribution in [0, 0.1) is 13.8 Å². The van der Waals surface area contributed by atoms with E-state index in [1.54, 1.807) is 7.11 Å². The minimum Gasteiger partial charge on any atom is -0.467 e. The standard InChI is InChI=1S/C11H18N2O/c1-7-8(2)12-10(14-6)13-9(7)11(3,4)5/h1-6H3. The van der Waals surface area contributed by atoms with E-state index in [0.717, 1.165) is 17.0 Å². The number of methoxy groups -OCH3 is 1. The van der Waals surface area contributed by atoms with E-state index in [-0.39, 0.29) is 5.41 Å². The smallest absolute Gasteiger partial charge is 0.316 e. The van der Waals surface area contributed by atoms with E-state index < -0.39 is 0 Å². The Labute approximate surface area is 85.5 Å². The molecule has 0 saturated carbocycles. The van der Waals surface area contributed by atoms with Crippen LogP contribution in [0.5, 0.6) is 6.01 Å². The molecule has 0 unspecified atom stereocenters. The molecule has 1 heterocycles. The Kier molecular flexibility index (Phi) is 2.79. The maximum Gasteiger partial charge on any atom is 0.316 e. The second-order valence-electron chi connectivity index (χ2n) is 4.52. The maximum atomic E-state index is 5.06. The van der Waals surface area contributed by atoms with Gasteiger partial charge in [-0.05, 0) is 19.4 Å². The summed E-state index contributed by atoms with van der Waals surface area (Å²) in [6.07, 6.45) is 0. The van der Waals surface area contributed by atoms with Gasteiger partial charge in [0.1, 0.15) is 0 Å². The second-order valence-corrected chi connectivity index (χ2v) is 4.52. The number of aryl methyl sites for hydroxylation is 1. The largest absolute Gasteiger partial charge is 0.467 e. The van der Waals surface area contributed by atoms with Crippen molar-refractivity contribution in [1.29, 1.82) is 0 Å². The van der Waals surface area contributed by atoms with E-state index in [1.165, 1.54) is 0 Å². The molecule has 1 aromatic rings. The quantitative estimate of drug-likeness (QED) is 0.688. The summed E-state index contributed by atoms with van der Waals surface area (Å²) in [4.78, 5) is 8.62. The molecular formula is C11H18N2O. The normalized spacial score (nSPS) is 11.6. The fraction of sp³-hybridized carbons (Fsp3) is 0.636. The van der Waals surface area contributed by atoms with Crippen LogP contribution in [0.1, 0.15) is 37.7 Å². The lowest BCUT2D eigenvalue weighted by Crippen LogP contribution is -2.17. The molecule has 3 nitrogen and oxygen atoms in total. The van der Waals surface area contributed by atoms with E-state index in [4.69, 9.17) is 4.74 Å². The molecular weight excluding hydrogens is 176 g/mol. The van der Waals surface area contributed by atoms with Gasteiger partial charge >= 0.3 is 6.01 Å². The molecule has 0 aliphatic rings. The van der Waals surface area contributed by atoms with Gasteiger partial charge < -0.3 is 4.74 Å². The maximum absolute atomic E-state index is 5.06. The van der Waals surface area contributed by atoms with Crippen molar-refractivity contribution in [3.8, 4) is 6.01 Å². The molecule has 0 saturated heterocycles. The summed E-state index contributed by atoms with van der Waals surface area (Å²) in [6.45, 7) is 10.5. The summed E-state index contributed by atoms with van der Waals surface area (Å²) >= 11 is 0. The van der Waals surface area contributed by atoms with E-state index in [9.17, 15) is 0 Å². The van der Waals surface area contributed by atoms with Crippen LogP contribution in [-0.4, -0.2) is 17.1 Å². The molecule has 0 aromatic carbocycles. The van der Waals surface area contributed by atoms with E-state index >= 15 is 0 Å². The van der Waals surface area contributed by atoms with Crippen molar-refractivity contribution in [3.05, 3.63) is 17.0 Å². The van der Waals surface area contributed by atoms with E-state index in [0.29, 0.717) is 6.01 Å². The Balaban J connectivity index is 3.35. The molecule has 0 atom stereocenters. The molecule has 14 heavy (non-hydrogen) atoms. The highest BCUT2D eigenvalue weighted by molar-refractivity contribution is 5.29. The lowest BCUT2D eigenvalue weighted by molar-refractivity contribution is 0.371. The number of hydrogen-bond acceptors (Lipinski definition) is 3. The van der Waals surface area contributed by atoms with E-state index in [2.05, 4.69) is 37.7 Å². The molecule has 0 fully saturated rings. The fourth-order valence-corrected chi connectivity index (χ4v) is 1.42. The van der Waals surface area contributed by atoms with E-state index in [1.807, 2.05) is 6.92 Å². The Morgan fingerprint density at radius 1 is 1.07 bits per heavy atom. The Morgan fingerprint density at radius 3 is 2.07 bits per heavy atom. The first-order chi connectivity index (χ1) is 6.36. The van der Waals surface area contributed by atoms with Gasteiger partial charge in [-0.15, -0.1) is 0 Å². The molecule has 0 spiro atoms. The van der Waals surface area contributed by atoms with Crippen LogP contribution in [0.4, 0.5) is 0 Å². The van der Waals surface area contributed by atoms with Crippen molar-refractivity contribution in [2.75, 3.05) is 7.11 Å². The lowest BCUT2D eigenvalue weighted by Gasteiger charge is -2.21. The summed E-state index contributed by atoms with van der Waals surface area (Å²) in [5.41, 5.74) is 3.23. The molecule has 1 aromatic heterocycles. The molecule has 1 rings (SSSR count). The van der Waals surface area contributed by atoms with Crippen LogP contribution >= 0.6 is 0 Å². The summed E-state index contributed by atoms with van der Waals surface area (Å²) in [7, 11) is 1.59. The molecule has 78 valence electrons. The van der Waals surface area contributed by atoms with Crippen LogP contribution in [0.2, 0.25) is 0 Å². The number of hydrogen-bond donors (Lipinski definition) is 0. The zero-order valence-corrected chi connectivity index (χ0v) is 9.80. The Morgan fingerprint density at radius 2 is 1.64 bits per heavy atom. The Bertz CT molecular complexity index is 340. The fourth-order valence-electron chi connectivity index (χ4n) is 1.42. The van der Waals surface area contributed by atoms with Crippen molar-refractivity contribution >= 4 is 0 Å². The van der Waals surface area contributed by atoms with Crippen molar-refractivity contribution in [2.24, 2.45) is 0 Å². The van der Waals surface area contributed by atoms with Crippen LogP contribution in [-0.2, 0) is 5.41 Å². The molecule has 0 radical (unpaired) electrons. The number of nitrogens with zero attached hydrogens (tertiary/aromatic N) is 2. The predicted octanol–water partition coefficient (Wildman–Crippen LogP) is 2.40. The highest BCUT2D eigenvalue weighted by Crippen LogP contribution is 2.26. The lowest BCUT2D eigenvalue weighted by atomic mass is 9.88. The molecule has 3 heteroatoms. The third-order valence-corrected chi connectivity index (χ3v) is 2.26. The summed E-state index contributed by atoms with van der Waals surface area (Å²) in [5, 5.41) is 0. The first-order valence-corrected chi connectivity index (χ1v) is 4.76. The number of rotatable bonds is 1. The number of aromatic nitrogens is 2.